The van der Waals surface area contributed by atoms with Crippen molar-refractivity contribution in [2.24, 2.45) is 0 Å². The van der Waals surface area contributed by atoms with Crippen LogP contribution in [-0.4, -0.2) is 50.8 Å². The van der Waals surface area contributed by atoms with Crippen molar-refractivity contribution in [3.8, 4) is 5.75 Å². The van der Waals surface area contributed by atoms with E-state index < -0.39 is 20.7 Å². The number of carbonyl (C=O) groups excluding carboxylic acids is 2. The van der Waals surface area contributed by atoms with Gasteiger partial charge in [-0.3, -0.25) is 14.4 Å². The molecule has 0 heterocycles. The molecule has 9 nitrogen and oxygen atoms in total. The van der Waals surface area contributed by atoms with E-state index in [-0.39, 0.29) is 34.0 Å². The normalized spacial score (nSPS) is 13.3. The molecule has 178 valence electrons. The molecule has 1 atom stereocenters. The average Bonchev–Trinajstić information content (AvgIpc) is 2.78. The van der Waals surface area contributed by atoms with Gasteiger partial charge >= 0.3 is 0 Å². The zero-order chi connectivity index (χ0) is 24.8. The molecule has 2 rings (SSSR count). The number of hydrogen-bond donors (Lipinski definition) is 3. The zero-order valence-electron chi connectivity index (χ0n) is 18.0. The van der Waals surface area contributed by atoms with Crippen LogP contribution >= 0.6 is 11.6 Å². The summed E-state index contributed by atoms with van der Waals surface area (Å²) in [5.41, 5.74) is 0.232. The number of rotatable bonds is 11. The van der Waals surface area contributed by atoms with Crippen molar-refractivity contribution in [1.82, 2.24) is 9.79 Å². The van der Waals surface area contributed by atoms with Crippen LogP contribution in [0.25, 0.3) is 0 Å². The van der Waals surface area contributed by atoms with Crippen molar-refractivity contribution in [2.75, 3.05) is 19.5 Å². The number of benzene rings is 2. The third-order valence-electron chi connectivity index (χ3n) is 4.59. The van der Waals surface area contributed by atoms with E-state index >= 15 is 0 Å². The number of carbonyl (C=O) groups is 2. The third-order valence-corrected chi connectivity index (χ3v) is 6.77. The van der Waals surface area contributed by atoms with E-state index in [0.29, 0.717) is 23.5 Å². The van der Waals surface area contributed by atoms with Gasteiger partial charge in [-0.1, -0.05) is 28.2 Å². The van der Waals surface area contributed by atoms with E-state index in [9.17, 15) is 27.5 Å². The number of aldehydes is 2. The van der Waals surface area contributed by atoms with Crippen molar-refractivity contribution in [2.45, 2.75) is 24.3 Å². The first-order chi connectivity index (χ1) is 15.5. The predicted molar refractivity (Wildman–Crippen MR) is 121 cm³/mol. The summed E-state index contributed by atoms with van der Waals surface area (Å²) in [6, 6.07) is 7.94. The maximum absolute atomic E-state index is 13.1. The second kappa shape index (κ2) is 11.2. The number of hydrogen-bond acceptors (Lipinski definition) is 8. The Morgan fingerprint density at radius 1 is 1.18 bits per heavy atom. The highest BCUT2D eigenvalue weighted by Crippen LogP contribution is 2.38. The predicted octanol–water partition coefficient (Wildman–Crippen LogP) is 2.61. The number of nitrogens with zero attached hydrogens (tertiary/aromatic N) is 1. The maximum atomic E-state index is 13.1. The number of phenols is 1. The van der Waals surface area contributed by atoms with Gasteiger partial charge in [0.15, 0.2) is 18.3 Å². The lowest BCUT2D eigenvalue weighted by molar-refractivity contribution is -0.107. The fraction of sp³-hybridized carbons (Fsp3) is 0.238. The lowest BCUT2D eigenvalue weighted by Crippen LogP contribution is -2.30. The Balaban J connectivity index is 2.35. The number of allylic oxidation sites excluding steroid dienone is 2. The maximum Gasteiger partial charge on any atom is 0.269 e. The van der Waals surface area contributed by atoms with Crippen LogP contribution < -0.4 is 10.6 Å². The second-order valence-electron chi connectivity index (χ2n) is 6.93. The van der Waals surface area contributed by atoms with Gasteiger partial charge in [0.25, 0.3) is 10.0 Å². The summed E-state index contributed by atoms with van der Waals surface area (Å²) in [4.78, 5) is 27.4. The molecule has 2 aromatic rings. The van der Waals surface area contributed by atoms with Crippen LogP contribution in [0, 0.1) is 5.82 Å². The molecule has 0 unspecified atom stereocenters. The number of halogens is 2. The summed E-state index contributed by atoms with van der Waals surface area (Å²) >= 11 is 5.98. The van der Waals surface area contributed by atoms with E-state index in [1.807, 2.05) is 0 Å². The largest absolute Gasteiger partial charge is 0.504 e. The smallest absolute Gasteiger partial charge is 0.269 e. The molecule has 2 aromatic carbocycles. The molecule has 33 heavy (non-hydrogen) atoms. The molecule has 0 saturated heterocycles. The summed E-state index contributed by atoms with van der Waals surface area (Å²) < 4.78 is 38.8. The Bertz CT molecular complexity index is 1160. The standard InChI is InChI=1S/C21H23ClFN3O6S/c1-13(10-14-4-6-15(23)7-5-14)24-18(11-27)19(12-28)25-17-9-8-16(22)21(20(17)29)33(30,31)26(2)32-3/h4-9,11-13,24-25,29H,10H2,1-3H3/b19-18-/t13-/m0/s1. The highest BCUT2D eigenvalue weighted by molar-refractivity contribution is 7.89. The van der Waals surface area contributed by atoms with Gasteiger partial charge in [0.1, 0.15) is 22.1 Å². The van der Waals surface area contributed by atoms with Gasteiger partial charge in [-0.2, -0.15) is 0 Å². The molecule has 0 fully saturated rings. The molecule has 0 radical (unpaired) electrons. The molecular formula is C21H23ClFN3O6S. The summed E-state index contributed by atoms with van der Waals surface area (Å²) in [5, 5.41) is 15.7. The first kappa shape index (κ1) is 26.3. The fourth-order valence-electron chi connectivity index (χ4n) is 2.89. The van der Waals surface area contributed by atoms with Crippen LogP contribution in [0.3, 0.4) is 0 Å². The minimum absolute atomic E-state index is 0.132. The van der Waals surface area contributed by atoms with Crippen LogP contribution in [0.5, 0.6) is 5.75 Å². The topological polar surface area (TPSA) is 125 Å². The minimum atomic E-state index is -4.32. The number of anilines is 1. The van der Waals surface area contributed by atoms with Crippen LogP contribution in [0.15, 0.2) is 52.7 Å². The molecule has 0 amide bonds. The van der Waals surface area contributed by atoms with E-state index in [1.165, 1.54) is 24.3 Å². The summed E-state index contributed by atoms with van der Waals surface area (Å²) in [6.45, 7) is 1.75. The quantitative estimate of drug-likeness (QED) is 0.186. The molecule has 0 aliphatic rings. The van der Waals surface area contributed by atoms with E-state index in [0.717, 1.165) is 19.7 Å². The summed E-state index contributed by atoms with van der Waals surface area (Å²) in [6.07, 6.45) is 1.16. The van der Waals surface area contributed by atoms with E-state index in [4.69, 9.17) is 11.6 Å². The van der Waals surface area contributed by atoms with Gasteiger partial charge < -0.3 is 15.7 Å². The van der Waals surface area contributed by atoms with Gasteiger partial charge in [-0.05, 0) is 43.2 Å². The van der Waals surface area contributed by atoms with E-state index in [1.54, 1.807) is 19.1 Å². The first-order valence-electron chi connectivity index (χ1n) is 9.52. The van der Waals surface area contributed by atoms with Crippen molar-refractivity contribution in [3.05, 3.63) is 64.2 Å². The van der Waals surface area contributed by atoms with Crippen molar-refractivity contribution in [1.29, 1.82) is 0 Å². The number of phenolic OH excluding ortho intramolecular Hbond substituents is 1. The average molecular weight is 500 g/mol. The van der Waals surface area contributed by atoms with Gasteiger partial charge in [-0.15, -0.1) is 0 Å². The molecule has 12 heteroatoms. The van der Waals surface area contributed by atoms with Crippen molar-refractivity contribution >= 4 is 39.9 Å². The monoisotopic (exact) mass is 499 g/mol. The van der Waals surface area contributed by atoms with Gasteiger partial charge in [0.05, 0.1) is 17.8 Å². The molecule has 0 bridgehead atoms. The highest BCUT2D eigenvalue weighted by atomic mass is 35.5. The minimum Gasteiger partial charge on any atom is -0.504 e. The summed E-state index contributed by atoms with van der Waals surface area (Å²) in [7, 11) is -2.10. The van der Waals surface area contributed by atoms with Gasteiger partial charge in [0.2, 0.25) is 0 Å². The van der Waals surface area contributed by atoms with Gasteiger partial charge in [-0.25, -0.2) is 12.8 Å². The zero-order valence-corrected chi connectivity index (χ0v) is 19.6. The SMILES string of the molecule is CON(C)S(=O)(=O)c1c(Cl)ccc(N/C(C=O)=C(/C=O)N[C@@H](C)Cc2ccc(F)cc2)c1O. The second-order valence-corrected chi connectivity index (χ2v) is 9.21. The Morgan fingerprint density at radius 2 is 1.79 bits per heavy atom. The van der Waals surface area contributed by atoms with Crippen LogP contribution in [0.4, 0.5) is 10.1 Å². The fourth-order valence-corrected chi connectivity index (χ4v) is 4.46. The lowest BCUT2D eigenvalue weighted by atomic mass is 10.1. The van der Waals surface area contributed by atoms with Crippen molar-refractivity contribution in [3.63, 3.8) is 0 Å². The Labute approximate surface area is 195 Å². The number of nitrogens with one attached hydrogen (secondary N) is 2. The van der Waals surface area contributed by atoms with E-state index in [2.05, 4.69) is 15.5 Å². The molecule has 0 saturated carbocycles. The number of sulfonamides is 1. The van der Waals surface area contributed by atoms with Crippen molar-refractivity contribution < 1.29 is 32.3 Å². The summed E-state index contributed by atoms with van der Waals surface area (Å²) in [5.74, 6) is -1.14. The molecule has 0 aromatic heterocycles. The van der Waals surface area contributed by atoms with Crippen LogP contribution in [0.2, 0.25) is 5.02 Å². The molecular weight excluding hydrogens is 477 g/mol. The lowest BCUT2D eigenvalue weighted by Gasteiger charge is -2.20. The third kappa shape index (κ3) is 6.29. The molecule has 0 aliphatic heterocycles. The molecule has 0 spiro atoms. The van der Waals surface area contributed by atoms with Gasteiger partial charge in [0, 0.05) is 13.1 Å². The Morgan fingerprint density at radius 3 is 2.33 bits per heavy atom. The van der Waals surface area contributed by atoms with Crippen LogP contribution in [-0.2, 0) is 30.9 Å². The van der Waals surface area contributed by atoms with Crippen LogP contribution in [0.1, 0.15) is 12.5 Å². The number of aromatic hydroxyl groups is 1. The molecule has 0 aliphatic carbocycles. The highest BCUT2D eigenvalue weighted by Gasteiger charge is 2.29. The Hall–Kier alpha value is -2.99. The number of hydroxylamine groups is 1. The first-order valence-corrected chi connectivity index (χ1v) is 11.3. The molecule has 3 N–H and O–H groups in total. The Kier molecular flexibility index (Phi) is 8.94.